The van der Waals surface area contributed by atoms with Crippen molar-refractivity contribution in [3.8, 4) is 0 Å². The Morgan fingerprint density at radius 1 is 1.62 bits per heavy atom. The van der Waals surface area contributed by atoms with Gasteiger partial charge in [-0.1, -0.05) is 0 Å². The number of halogens is 1. The number of aromatic nitrogens is 1. The molecule has 0 aromatic carbocycles. The van der Waals surface area contributed by atoms with Crippen LogP contribution in [0.4, 0.5) is 4.39 Å². The van der Waals surface area contributed by atoms with Gasteiger partial charge in [0.2, 0.25) is 0 Å². The van der Waals surface area contributed by atoms with Crippen molar-refractivity contribution in [3.63, 3.8) is 0 Å². The summed E-state index contributed by atoms with van der Waals surface area (Å²) in [4.78, 5) is 18.1. The van der Waals surface area contributed by atoms with Gasteiger partial charge in [0, 0.05) is 30.7 Å². The molecule has 2 aromatic heterocycles. The SMILES string of the molecule is O=C(NC[C@@H]1C[C@H](F)CN1Cc1nccs1)c1ccoc1. The van der Waals surface area contributed by atoms with Crippen LogP contribution >= 0.6 is 11.3 Å². The highest BCUT2D eigenvalue weighted by Gasteiger charge is 2.32. The first-order valence-electron chi connectivity index (χ1n) is 6.79. The average molecular weight is 309 g/mol. The number of furan rings is 1. The van der Waals surface area contributed by atoms with Crippen LogP contribution in [0.5, 0.6) is 0 Å². The number of amides is 1. The number of likely N-dealkylation sites (tertiary alicyclic amines) is 1. The molecular weight excluding hydrogens is 293 g/mol. The molecule has 3 heterocycles. The van der Waals surface area contributed by atoms with Crippen molar-refractivity contribution in [2.45, 2.75) is 25.2 Å². The van der Waals surface area contributed by atoms with Gasteiger partial charge in [0.25, 0.3) is 5.91 Å². The summed E-state index contributed by atoms with van der Waals surface area (Å²) >= 11 is 1.56. The third-order valence-electron chi connectivity index (χ3n) is 3.58. The minimum atomic E-state index is -0.846. The van der Waals surface area contributed by atoms with E-state index in [1.807, 2.05) is 10.3 Å². The lowest BCUT2D eigenvalue weighted by Crippen LogP contribution is -2.39. The van der Waals surface area contributed by atoms with Crippen LogP contribution in [0.25, 0.3) is 0 Å². The number of nitrogens with one attached hydrogen (secondary N) is 1. The van der Waals surface area contributed by atoms with Crippen molar-refractivity contribution in [3.05, 3.63) is 40.7 Å². The molecule has 0 radical (unpaired) electrons. The smallest absolute Gasteiger partial charge is 0.254 e. The van der Waals surface area contributed by atoms with Gasteiger partial charge in [0.05, 0.1) is 18.4 Å². The van der Waals surface area contributed by atoms with E-state index in [-0.39, 0.29) is 11.9 Å². The van der Waals surface area contributed by atoms with Crippen molar-refractivity contribution in [2.75, 3.05) is 13.1 Å². The molecule has 1 amide bonds. The number of carbonyl (C=O) groups excluding carboxylic acids is 1. The summed E-state index contributed by atoms with van der Waals surface area (Å²) in [5.41, 5.74) is 0.483. The molecular formula is C14H16FN3O2S. The third-order valence-corrected chi connectivity index (χ3v) is 4.34. The molecule has 2 aromatic rings. The lowest BCUT2D eigenvalue weighted by molar-refractivity contribution is 0.0939. The topological polar surface area (TPSA) is 58.4 Å². The second kappa shape index (κ2) is 6.36. The maximum atomic E-state index is 13.7. The molecule has 7 heteroatoms. The van der Waals surface area contributed by atoms with Gasteiger partial charge in [-0.2, -0.15) is 0 Å². The van der Waals surface area contributed by atoms with Crippen molar-refractivity contribution in [2.24, 2.45) is 0 Å². The van der Waals surface area contributed by atoms with Gasteiger partial charge in [0.1, 0.15) is 17.4 Å². The molecule has 1 saturated heterocycles. The lowest BCUT2D eigenvalue weighted by Gasteiger charge is -2.23. The van der Waals surface area contributed by atoms with E-state index < -0.39 is 6.17 Å². The Balaban J connectivity index is 1.56. The fourth-order valence-corrected chi connectivity index (χ4v) is 3.18. The standard InChI is InChI=1S/C14H16FN3O2S/c15-11-5-12(6-17-14(19)10-1-3-20-9-10)18(7-11)8-13-16-2-4-21-13/h1-4,9,11-12H,5-8H2,(H,17,19)/t11-,12-/m0/s1. The highest BCUT2D eigenvalue weighted by Crippen LogP contribution is 2.23. The minimum Gasteiger partial charge on any atom is -0.472 e. The Kier molecular flexibility index (Phi) is 4.31. The second-order valence-corrected chi connectivity index (χ2v) is 6.04. The van der Waals surface area contributed by atoms with E-state index in [9.17, 15) is 9.18 Å². The van der Waals surface area contributed by atoms with Gasteiger partial charge < -0.3 is 9.73 Å². The summed E-state index contributed by atoms with van der Waals surface area (Å²) in [5.74, 6) is -0.194. The van der Waals surface area contributed by atoms with Crippen LogP contribution in [0.1, 0.15) is 21.8 Å². The summed E-state index contributed by atoms with van der Waals surface area (Å²) in [6.45, 7) is 1.45. The molecule has 1 N–H and O–H groups in total. The average Bonchev–Trinajstić information content (AvgIpc) is 3.18. The number of nitrogens with zero attached hydrogens (tertiary/aromatic N) is 2. The van der Waals surface area contributed by atoms with Gasteiger partial charge >= 0.3 is 0 Å². The minimum absolute atomic E-state index is 0.000231. The van der Waals surface area contributed by atoms with Gasteiger partial charge in [-0.3, -0.25) is 9.69 Å². The molecule has 112 valence electrons. The largest absolute Gasteiger partial charge is 0.472 e. The Bertz CT molecular complexity index is 573. The van der Waals surface area contributed by atoms with Crippen molar-refractivity contribution in [1.82, 2.24) is 15.2 Å². The zero-order valence-corrected chi connectivity index (χ0v) is 12.2. The van der Waals surface area contributed by atoms with E-state index >= 15 is 0 Å². The molecule has 1 aliphatic rings. The molecule has 0 saturated carbocycles. The van der Waals surface area contributed by atoms with Crippen LogP contribution in [0.3, 0.4) is 0 Å². The Hall–Kier alpha value is -1.73. The van der Waals surface area contributed by atoms with E-state index in [1.54, 1.807) is 23.6 Å². The zero-order valence-electron chi connectivity index (χ0n) is 11.4. The molecule has 0 bridgehead atoms. The summed E-state index contributed by atoms with van der Waals surface area (Å²) in [6, 6.07) is 1.61. The van der Waals surface area contributed by atoms with Crippen LogP contribution in [-0.2, 0) is 6.54 Å². The Morgan fingerprint density at radius 2 is 2.52 bits per heavy atom. The van der Waals surface area contributed by atoms with Crippen LogP contribution in [0, 0.1) is 0 Å². The monoisotopic (exact) mass is 309 g/mol. The molecule has 5 nitrogen and oxygen atoms in total. The molecule has 3 rings (SSSR count). The second-order valence-electron chi connectivity index (χ2n) is 5.06. The maximum absolute atomic E-state index is 13.7. The molecule has 2 atom stereocenters. The number of hydrogen-bond acceptors (Lipinski definition) is 5. The van der Waals surface area contributed by atoms with Gasteiger partial charge in [-0.25, -0.2) is 9.37 Å². The van der Waals surface area contributed by atoms with Crippen molar-refractivity contribution in [1.29, 1.82) is 0 Å². The predicted octanol–water partition coefficient (Wildman–Crippen LogP) is 2.08. The molecule has 0 unspecified atom stereocenters. The number of thiazole rings is 1. The molecule has 0 spiro atoms. The first-order chi connectivity index (χ1) is 10.2. The van der Waals surface area contributed by atoms with Crippen LogP contribution in [0.15, 0.2) is 34.6 Å². The van der Waals surface area contributed by atoms with Crippen LogP contribution in [0.2, 0.25) is 0 Å². The quantitative estimate of drug-likeness (QED) is 0.918. The van der Waals surface area contributed by atoms with E-state index in [1.165, 1.54) is 12.5 Å². The van der Waals surface area contributed by atoms with E-state index in [2.05, 4.69) is 10.3 Å². The van der Waals surface area contributed by atoms with E-state index in [0.29, 0.717) is 31.6 Å². The molecule has 21 heavy (non-hydrogen) atoms. The maximum Gasteiger partial charge on any atom is 0.254 e. The van der Waals surface area contributed by atoms with Crippen molar-refractivity contribution < 1.29 is 13.6 Å². The first-order valence-corrected chi connectivity index (χ1v) is 7.67. The Morgan fingerprint density at radius 3 is 3.24 bits per heavy atom. The molecule has 1 fully saturated rings. The highest BCUT2D eigenvalue weighted by atomic mass is 32.1. The summed E-state index contributed by atoms with van der Waals surface area (Å²) in [7, 11) is 0. The summed E-state index contributed by atoms with van der Waals surface area (Å²) < 4.78 is 18.5. The summed E-state index contributed by atoms with van der Waals surface area (Å²) in [5, 5.41) is 5.71. The highest BCUT2D eigenvalue weighted by molar-refractivity contribution is 7.09. The van der Waals surface area contributed by atoms with Gasteiger partial charge in [0.15, 0.2) is 0 Å². The fraction of sp³-hybridized carbons (Fsp3) is 0.429. The number of rotatable bonds is 5. The van der Waals surface area contributed by atoms with Crippen LogP contribution < -0.4 is 5.32 Å². The Labute approximate surface area is 125 Å². The third kappa shape index (κ3) is 3.48. The predicted molar refractivity (Wildman–Crippen MR) is 76.9 cm³/mol. The summed E-state index contributed by atoms with van der Waals surface area (Å²) in [6.07, 6.45) is 4.20. The van der Waals surface area contributed by atoms with E-state index in [4.69, 9.17) is 4.42 Å². The van der Waals surface area contributed by atoms with Crippen LogP contribution in [-0.4, -0.2) is 41.1 Å². The lowest BCUT2D eigenvalue weighted by atomic mass is 10.2. The number of hydrogen-bond donors (Lipinski definition) is 1. The van der Waals surface area contributed by atoms with Gasteiger partial charge in [-0.05, 0) is 12.5 Å². The van der Waals surface area contributed by atoms with E-state index in [0.717, 1.165) is 5.01 Å². The number of alkyl halides is 1. The molecule has 1 aliphatic heterocycles. The first kappa shape index (κ1) is 14.2. The van der Waals surface area contributed by atoms with Crippen molar-refractivity contribution >= 4 is 17.2 Å². The normalized spacial score (nSPS) is 22.5. The number of carbonyl (C=O) groups is 1. The fourth-order valence-electron chi connectivity index (χ4n) is 2.54. The van der Waals surface area contributed by atoms with Gasteiger partial charge in [-0.15, -0.1) is 11.3 Å². The zero-order chi connectivity index (χ0) is 14.7. The molecule has 0 aliphatic carbocycles.